The molecule has 0 radical (unpaired) electrons. The number of benzene rings is 1. The van der Waals surface area contributed by atoms with Crippen molar-refractivity contribution in [3.05, 3.63) is 52.4 Å². The fourth-order valence-corrected chi connectivity index (χ4v) is 5.67. The molecule has 1 amide bonds. The van der Waals surface area contributed by atoms with Gasteiger partial charge in [0.2, 0.25) is 0 Å². The van der Waals surface area contributed by atoms with Crippen LogP contribution < -0.4 is 10.1 Å². The Morgan fingerprint density at radius 3 is 2.70 bits per heavy atom. The number of aromatic nitrogens is 2. The van der Waals surface area contributed by atoms with Gasteiger partial charge >= 0.3 is 0 Å². The molecule has 0 atom stereocenters. The molecule has 0 spiro atoms. The number of fused-ring (bicyclic) bond motifs is 1. The van der Waals surface area contributed by atoms with Crippen LogP contribution in [0.25, 0.3) is 10.3 Å². The molecule has 2 bridgehead atoms. The number of carbonyl (C=O) groups excluding carboxylic acids is 2. The van der Waals surface area contributed by atoms with E-state index in [0.29, 0.717) is 16.8 Å². The van der Waals surface area contributed by atoms with Crippen LogP contribution >= 0.6 is 22.9 Å². The lowest BCUT2D eigenvalue weighted by atomic mass is 9.38. The van der Waals surface area contributed by atoms with Crippen LogP contribution in [0.5, 0.6) is 5.75 Å². The van der Waals surface area contributed by atoms with E-state index in [-0.39, 0.29) is 40.0 Å². The van der Waals surface area contributed by atoms with Crippen molar-refractivity contribution in [2.24, 2.45) is 5.41 Å². The van der Waals surface area contributed by atoms with Gasteiger partial charge in [-0.2, -0.15) is 0 Å². The number of rotatable bonds is 7. The number of nitrogens with zero attached hydrogens (tertiary/aromatic N) is 2. The predicted octanol–water partition coefficient (Wildman–Crippen LogP) is 4.17. The molecule has 0 aliphatic heterocycles. The van der Waals surface area contributed by atoms with Gasteiger partial charge in [-0.15, -0.1) is 11.3 Å². The van der Waals surface area contributed by atoms with Crippen molar-refractivity contribution in [1.29, 1.82) is 0 Å². The third-order valence-corrected chi connectivity index (χ3v) is 7.11. The Morgan fingerprint density at radius 1 is 1.20 bits per heavy atom. The molecule has 9 heteroatoms. The molecule has 3 saturated carbocycles. The highest BCUT2D eigenvalue weighted by Crippen LogP contribution is 2.69. The first kappa shape index (κ1) is 19.4. The number of hydrogen-bond acceptors (Lipinski definition) is 6. The number of ether oxygens (including phenoxy) is 1. The molecule has 0 saturated heterocycles. The van der Waals surface area contributed by atoms with Gasteiger partial charge in [0.25, 0.3) is 5.91 Å². The van der Waals surface area contributed by atoms with Crippen LogP contribution in [0.3, 0.4) is 0 Å². The van der Waals surface area contributed by atoms with E-state index in [1.54, 1.807) is 18.5 Å². The van der Waals surface area contributed by atoms with Crippen molar-refractivity contribution >= 4 is 45.0 Å². The molecule has 6 nitrogen and oxygen atoms in total. The van der Waals surface area contributed by atoms with Gasteiger partial charge in [-0.3, -0.25) is 14.6 Å². The number of ketones is 1. The maximum absolute atomic E-state index is 13.4. The molecule has 3 aliphatic carbocycles. The van der Waals surface area contributed by atoms with Gasteiger partial charge in [0, 0.05) is 30.4 Å². The lowest BCUT2D eigenvalue weighted by Crippen LogP contribution is -2.75. The average molecular weight is 446 g/mol. The van der Waals surface area contributed by atoms with E-state index in [4.69, 9.17) is 16.3 Å². The highest BCUT2D eigenvalue weighted by molar-refractivity contribution is 7.20. The number of carbonyl (C=O) groups is 2. The van der Waals surface area contributed by atoms with Crippen molar-refractivity contribution in [2.75, 3.05) is 6.61 Å². The minimum absolute atomic E-state index is 0.0121. The Labute approximate surface area is 180 Å². The fraction of sp³-hybridized carbons (Fsp3) is 0.333. The maximum Gasteiger partial charge on any atom is 0.261 e. The predicted molar refractivity (Wildman–Crippen MR) is 110 cm³/mol. The van der Waals surface area contributed by atoms with Crippen LogP contribution in [0.15, 0.2) is 36.7 Å². The molecule has 30 heavy (non-hydrogen) atoms. The van der Waals surface area contributed by atoms with Crippen LogP contribution in [0.2, 0.25) is 5.02 Å². The van der Waals surface area contributed by atoms with Crippen LogP contribution in [-0.2, 0) is 4.79 Å². The van der Waals surface area contributed by atoms with Gasteiger partial charge in [0.15, 0.2) is 5.78 Å². The number of amides is 1. The SMILES string of the molecule is O=C(COc1ccc(Cl)c(F)c1)CC12CC(NC(=O)c3cc4nccnc4s3)(C1)C2. The minimum Gasteiger partial charge on any atom is -0.486 e. The largest absolute Gasteiger partial charge is 0.486 e. The fourth-order valence-electron chi connectivity index (χ4n) is 4.70. The van der Waals surface area contributed by atoms with Crippen LogP contribution in [0.4, 0.5) is 4.39 Å². The Kier molecular flexibility index (Phi) is 4.52. The minimum atomic E-state index is -0.580. The molecule has 3 aromatic rings. The normalized spacial score (nSPS) is 24.1. The van der Waals surface area contributed by atoms with Crippen LogP contribution in [-0.4, -0.2) is 33.8 Å². The second kappa shape index (κ2) is 6.99. The van der Waals surface area contributed by atoms with E-state index < -0.39 is 5.82 Å². The number of halogens is 2. The molecule has 3 aliphatic rings. The molecule has 2 heterocycles. The van der Waals surface area contributed by atoms with Crippen LogP contribution in [0, 0.1) is 11.2 Å². The number of thiophene rings is 1. The van der Waals surface area contributed by atoms with Gasteiger partial charge in [-0.25, -0.2) is 9.37 Å². The molecule has 1 N–H and O–H groups in total. The standard InChI is InChI=1S/C21H17ClFN3O3S/c22-14-2-1-13(5-15(14)23)29-8-12(27)7-20-9-21(10-20,11-20)26-18(28)17-6-16-19(30-17)25-4-3-24-16/h1-6H,7-11H2,(H,26,28). The second-order valence-corrected chi connectivity index (χ2v) is 9.64. The molecule has 1 aromatic carbocycles. The van der Waals surface area contributed by atoms with Gasteiger partial charge in [0.1, 0.15) is 28.5 Å². The molecular weight excluding hydrogens is 429 g/mol. The summed E-state index contributed by atoms with van der Waals surface area (Å²) >= 11 is 6.96. The second-order valence-electron chi connectivity index (χ2n) is 8.20. The zero-order valence-electron chi connectivity index (χ0n) is 15.8. The molecule has 0 unspecified atom stereocenters. The summed E-state index contributed by atoms with van der Waals surface area (Å²) in [4.78, 5) is 34.7. The monoisotopic (exact) mass is 445 g/mol. The first-order chi connectivity index (χ1) is 14.4. The van der Waals surface area contributed by atoms with Crippen molar-refractivity contribution in [1.82, 2.24) is 15.3 Å². The smallest absolute Gasteiger partial charge is 0.261 e. The first-order valence-corrected chi connectivity index (χ1v) is 10.7. The Morgan fingerprint density at radius 2 is 1.97 bits per heavy atom. The summed E-state index contributed by atoms with van der Waals surface area (Å²) in [5, 5.41) is 3.13. The molecule has 3 fully saturated rings. The summed E-state index contributed by atoms with van der Waals surface area (Å²) in [7, 11) is 0. The summed E-state index contributed by atoms with van der Waals surface area (Å²) in [6.07, 6.45) is 5.97. The molecule has 2 aromatic heterocycles. The lowest BCUT2D eigenvalue weighted by molar-refractivity contribution is -0.162. The van der Waals surface area contributed by atoms with Gasteiger partial charge in [0.05, 0.1) is 9.90 Å². The van der Waals surface area contributed by atoms with E-state index >= 15 is 0 Å². The summed E-state index contributed by atoms with van der Waals surface area (Å²) in [6, 6.07) is 5.85. The van der Waals surface area contributed by atoms with Gasteiger partial charge in [-0.05, 0) is 42.9 Å². The topological polar surface area (TPSA) is 81.2 Å². The number of Topliss-reactive ketones (excluding diaryl/α,β-unsaturated/α-hetero) is 1. The van der Waals surface area contributed by atoms with Crippen molar-refractivity contribution in [3.63, 3.8) is 0 Å². The van der Waals surface area contributed by atoms with Gasteiger partial charge < -0.3 is 10.1 Å². The lowest BCUT2D eigenvalue weighted by Gasteiger charge is -2.70. The summed E-state index contributed by atoms with van der Waals surface area (Å²) in [6.45, 7) is -0.107. The van der Waals surface area contributed by atoms with E-state index in [0.717, 1.165) is 24.1 Å². The quantitative estimate of drug-likeness (QED) is 0.590. The molecule has 154 valence electrons. The van der Waals surface area contributed by atoms with Gasteiger partial charge in [-0.1, -0.05) is 11.6 Å². The van der Waals surface area contributed by atoms with E-state index in [2.05, 4.69) is 15.3 Å². The highest BCUT2D eigenvalue weighted by atomic mass is 35.5. The molecular formula is C21H17ClFN3O3S. The maximum atomic E-state index is 13.4. The molecule has 6 rings (SSSR count). The number of nitrogens with one attached hydrogen (secondary N) is 1. The highest BCUT2D eigenvalue weighted by Gasteiger charge is 2.68. The Hall–Kier alpha value is -2.58. The summed E-state index contributed by atoms with van der Waals surface area (Å²) in [5.74, 6) is -0.457. The first-order valence-electron chi connectivity index (χ1n) is 9.48. The van der Waals surface area contributed by atoms with E-state index in [1.807, 2.05) is 0 Å². The zero-order chi connectivity index (χ0) is 20.9. The zero-order valence-corrected chi connectivity index (χ0v) is 17.4. The van der Waals surface area contributed by atoms with Crippen molar-refractivity contribution in [3.8, 4) is 5.75 Å². The Balaban J connectivity index is 1.12. The summed E-state index contributed by atoms with van der Waals surface area (Å²) < 4.78 is 18.8. The average Bonchev–Trinajstić information content (AvgIpc) is 3.10. The Bertz CT molecular complexity index is 1130. The third-order valence-electron chi connectivity index (χ3n) is 5.77. The van der Waals surface area contributed by atoms with Crippen LogP contribution in [0.1, 0.15) is 35.4 Å². The van der Waals surface area contributed by atoms with Crippen molar-refractivity contribution in [2.45, 2.75) is 31.2 Å². The third kappa shape index (κ3) is 3.44. The summed E-state index contributed by atoms with van der Waals surface area (Å²) in [5.41, 5.74) is 0.449. The number of hydrogen-bond donors (Lipinski definition) is 1. The van der Waals surface area contributed by atoms with E-state index in [1.165, 1.54) is 29.5 Å². The van der Waals surface area contributed by atoms with Crippen molar-refractivity contribution < 1.29 is 18.7 Å². The van der Waals surface area contributed by atoms with E-state index in [9.17, 15) is 14.0 Å².